The van der Waals surface area contributed by atoms with Gasteiger partial charge < -0.3 is 15.4 Å². The molecule has 3 N–H and O–H groups in total. The maximum absolute atomic E-state index is 7.45. The van der Waals surface area contributed by atoms with Gasteiger partial charge in [-0.15, -0.1) is 0 Å². The summed E-state index contributed by atoms with van der Waals surface area (Å²) in [5.74, 6) is 0.997. The quantitative estimate of drug-likeness (QED) is 0.0921. The first-order chi connectivity index (χ1) is 14.1. The van der Waals surface area contributed by atoms with Gasteiger partial charge in [-0.05, 0) is 38.8 Å². The van der Waals surface area contributed by atoms with E-state index >= 15 is 0 Å². The Labute approximate surface area is 176 Å². The Balaban J connectivity index is 4.78. The summed E-state index contributed by atoms with van der Waals surface area (Å²) in [4.78, 5) is 10.2. The molecule has 0 aliphatic carbocycles. The van der Waals surface area contributed by atoms with E-state index in [0.717, 1.165) is 37.5 Å². The maximum atomic E-state index is 7.45. The summed E-state index contributed by atoms with van der Waals surface area (Å²) in [6, 6.07) is 0. The van der Waals surface area contributed by atoms with Gasteiger partial charge in [0, 0.05) is 31.9 Å². The van der Waals surface area contributed by atoms with Crippen molar-refractivity contribution in [3.05, 3.63) is 48.0 Å². The molecule has 0 fully saturated rings. The fourth-order valence-electron chi connectivity index (χ4n) is 2.11. The number of nitrogens with zero attached hydrogens (tertiary/aromatic N) is 3. The van der Waals surface area contributed by atoms with Crippen molar-refractivity contribution < 1.29 is 4.74 Å². The van der Waals surface area contributed by atoms with Crippen LogP contribution in [0.3, 0.4) is 0 Å². The van der Waals surface area contributed by atoms with E-state index in [-0.39, 0.29) is 5.84 Å². The van der Waals surface area contributed by atoms with Gasteiger partial charge in [0.25, 0.3) is 0 Å². The first-order valence-electron chi connectivity index (χ1n) is 10.1. The van der Waals surface area contributed by atoms with Crippen molar-refractivity contribution in [1.82, 2.24) is 15.5 Å². The molecule has 0 radical (unpaired) electrons. The molecule has 0 rings (SSSR count). The predicted octanol–water partition coefficient (Wildman–Crippen LogP) is 3.50. The number of hydrogen-bond acceptors (Lipinski definition) is 6. The van der Waals surface area contributed by atoms with E-state index in [1.54, 1.807) is 13.2 Å². The summed E-state index contributed by atoms with van der Waals surface area (Å²) >= 11 is 0. The molecule has 0 amide bonds. The lowest BCUT2D eigenvalue weighted by Gasteiger charge is -2.20. The van der Waals surface area contributed by atoms with Gasteiger partial charge in [-0.1, -0.05) is 32.1 Å². The van der Waals surface area contributed by atoms with E-state index in [0.29, 0.717) is 19.6 Å². The molecule has 7 heteroatoms. The Kier molecular flexibility index (Phi) is 17.0. The summed E-state index contributed by atoms with van der Waals surface area (Å²) in [5, 5.41) is 14.2. The van der Waals surface area contributed by atoms with E-state index in [9.17, 15) is 0 Å². The van der Waals surface area contributed by atoms with Gasteiger partial charge in [-0.3, -0.25) is 15.3 Å². The summed E-state index contributed by atoms with van der Waals surface area (Å²) < 4.78 is 5.42. The highest BCUT2D eigenvalue weighted by atomic mass is 16.5. The lowest BCUT2D eigenvalue weighted by Crippen LogP contribution is -2.35. The molecule has 0 saturated heterocycles. The first-order valence-corrected chi connectivity index (χ1v) is 10.1. The second-order valence-electron chi connectivity index (χ2n) is 6.15. The lowest BCUT2D eigenvalue weighted by molar-refractivity contribution is 0.269. The van der Waals surface area contributed by atoms with Gasteiger partial charge in [-0.25, -0.2) is 4.99 Å². The Morgan fingerprint density at radius 1 is 1.28 bits per heavy atom. The second kappa shape index (κ2) is 18.7. The predicted molar refractivity (Wildman–Crippen MR) is 126 cm³/mol. The number of rotatable bonds is 16. The summed E-state index contributed by atoms with van der Waals surface area (Å²) in [7, 11) is 1.66. The fourth-order valence-corrected chi connectivity index (χ4v) is 2.11. The molecule has 162 valence electrons. The Bertz CT molecular complexity index is 604. The molecule has 0 unspecified atom stereocenters. The summed E-state index contributed by atoms with van der Waals surface area (Å²) in [6.45, 7) is 13.5. The number of amidine groups is 1. The minimum Gasteiger partial charge on any atom is -0.501 e. The normalized spacial score (nSPS) is 13.0. The van der Waals surface area contributed by atoms with Gasteiger partial charge >= 0.3 is 0 Å². The second-order valence-corrected chi connectivity index (χ2v) is 6.15. The van der Waals surface area contributed by atoms with Crippen LogP contribution in [0.1, 0.15) is 33.6 Å². The molecule has 29 heavy (non-hydrogen) atoms. The number of hydrogen-bond donors (Lipinski definition) is 3. The highest BCUT2D eigenvalue weighted by Crippen LogP contribution is 2.04. The monoisotopic (exact) mass is 402 g/mol. The van der Waals surface area contributed by atoms with Gasteiger partial charge in [0.2, 0.25) is 0 Å². The van der Waals surface area contributed by atoms with Crippen molar-refractivity contribution >= 4 is 18.8 Å². The number of nitrogens with one attached hydrogen (secondary N) is 3. The number of ether oxygens (including phenoxy) is 1. The number of likely N-dealkylation sites (N-methyl/N-ethyl adjacent to an activating group) is 1. The molecule has 0 spiro atoms. The average Bonchev–Trinajstić information content (AvgIpc) is 2.74. The molecule has 0 aliphatic rings. The van der Waals surface area contributed by atoms with Crippen molar-refractivity contribution in [3.63, 3.8) is 0 Å². The Morgan fingerprint density at radius 3 is 2.69 bits per heavy atom. The molecule has 7 nitrogen and oxygen atoms in total. The van der Waals surface area contributed by atoms with Crippen molar-refractivity contribution in [3.8, 4) is 0 Å². The maximum Gasteiger partial charge on any atom is 0.143 e. The van der Waals surface area contributed by atoms with Gasteiger partial charge in [0.1, 0.15) is 5.84 Å². The van der Waals surface area contributed by atoms with Crippen LogP contribution in [-0.4, -0.2) is 63.6 Å². The summed E-state index contributed by atoms with van der Waals surface area (Å²) in [5.41, 5.74) is 0.954. The van der Waals surface area contributed by atoms with Crippen LogP contribution in [-0.2, 0) is 4.74 Å². The minimum absolute atomic E-state index is 0.145. The average molecular weight is 403 g/mol. The fraction of sp³-hybridized carbons (Fsp3) is 0.500. The Hall–Kier alpha value is -2.67. The van der Waals surface area contributed by atoms with E-state index < -0.39 is 0 Å². The molecule has 0 bridgehead atoms. The van der Waals surface area contributed by atoms with Gasteiger partial charge in [0.15, 0.2) is 0 Å². The van der Waals surface area contributed by atoms with Gasteiger partial charge in [0.05, 0.1) is 31.8 Å². The number of aliphatic imine (C=N–C) groups is 2. The molecule has 0 saturated carbocycles. The zero-order valence-corrected chi connectivity index (χ0v) is 18.4. The molecule has 0 heterocycles. The molecule has 0 atom stereocenters. The standard InChI is InChI=1S/C22H38N6O/c1-6-9-15-26-18-20(17-25-14-7-2)27-19-28(8-3)16-13-21(29-5)11-10-12-22(23)24-4/h6,9-10,12-13,17-18,23,25,27H,4,7-8,11,14-16,19H2,1-3,5H3/b9-6+,12-10-,20-17?,21-13+,23-22?,26-18?. The lowest BCUT2D eigenvalue weighted by atomic mass is 10.3. The highest BCUT2D eigenvalue weighted by molar-refractivity contribution is 5.93. The third-order valence-electron chi connectivity index (χ3n) is 3.89. The molecule has 0 aromatic heterocycles. The van der Waals surface area contributed by atoms with Crippen LogP contribution < -0.4 is 10.6 Å². The molecule has 0 aromatic rings. The smallest absolute Gasteiger partial charge is 0.143 e. The topological polar surface area (TPSA) is 85.1 Å². The van der Waals surface area contributed by atoms with E-state index in [1.165, 1.54) is 0 Å². The van der Waals surface area contributed by atoms with E-state index in [2.05, 4.69) is 52.2 Å². The third-order valence-corrected chi connectivity index (χ3v) is 3.89. The first kappa shape index (κ1) is 26.3. The third kappa shape index (κ3) is 15.0. The zero-order chi connectivity index (χ0) is 21.7. The van der Waals surface area contributed by atoms with Crippen molar-refractivity contribution in [2.75, 3.05) is 40.0 Å². The molecular formula is C22H38N6O. The molecular weight excluding hydrogens is 364 g/mol. The van der Waals surface area contributed by atoms with E-state index in [1.807, 2.05) is 37.6 Å². The van der Waals surface area contributed by atoms with Crippen LogP contribution in [0, 0.1) is 5.41 Å². The summed E-state index contributed by atoms with van der Waals surface area (Å²) in [6.07, 6.45) is 15.1. The molecule has 0 aliphatic heterocycles. The van der Waals surface area contributed by atoms with Crippen LogP contribution >= 0.6 is 0 Å². The SMILES string of the molecule is C=NC(=N)/C=C\C/C(=C\CN(CC)CNC(C=NC/C=C/C)=CNCCC)OC. The van der Waals surface area contributed by atoms with E-state index in [4.69, 9.17) is 10.1 Å². The van der Waals surface area contributed by atoms with Crippen LogP contribution in [0.5, 0.6) is 0 Å². The van der Waals surface area contributed by atoms with Crippen LogP contribution in [0.25, 0.3) is 0 Å². The Morgan fingerprint density at radius 2 is 2.07 bits per heavy atom. The van der Waals surface area contributed by atoms with Crippen LogP contribution in [0.15, 0.2) is 58.0 Å². The van der Waals surface area contributed by atoms with Crippen molar-refractivity contribution in [2.24, 2.45) is 9.98 Å². The zero-order valence-electron chi connectivity index (χ0n) is 18.4. The minimum atomic E-state index is 0.145. The van der Waals surface area contributed by atoms with Crippen molar-refractivity contribution in [2.45, 2.75) is 33.6 Å². The largest absolute Gasteiger partial charge is 0.501 e. The number of allylic oxidation sites excluding steroid dienone is 3. The van der Waals surface area contributed by atoms with Gasteiger partial charge in [-0.2, -0.15) is 0 Å². The molecule has 0 aromatic carbocycles. The van der Waals surface area contributed by atoms with Crippen LogP contribution in [0.2, 0.25) is 0 Å². The van der Waals surface area contributed by atoms with Crippen molar-refractivity contribution in [1.29, 1.82) is 5.41 Å². The van der Waals surface area contributed by atoms with Crippen LogP contribution in [0.4, 0.5) is 0 Å². The highest BCUT2D eigenvalue weighted by Gasteiger charge is 2.03. The number of methoxy groups -OCH3 is 1.